The molecule has 146 valence electrons. The van der Waals surface area contributed by atoms with Crippen LogP contribution >= 0.6 is 11.6 Å². The molecule has 8 heteroatoms. The van der Waals surface area contributed by atoms with Crippen LogP contribution in [0.15, 0.2) is 24.3 Å². The summed E-state index contributed by atoms with van der Waals surface area (Å²) in [7, 11) is -3.53. The lowest BCUT2D eigenvalue weighted by Gasteiger charge is -2.36. The largest absolute Gasteiger partial charge is 0.444 e. The third-order valence-corrected chi connectivity index (χ3v) is 4.99. The molecule has 1 N–H and O–H groups in total. The Morgan fingerprint density at radius 1 is 1.19 bits per heavy atom. The highest BCUT2D eigenvalue weighted by Crippen LogP contribution is 2.36. The van der Waals surface area contributed by atoms with E-state index in [9.17, 15) is 13.2 Å². The minimum Gasteiger partial charge on any atom is -0.444 e. The highest BCUT2D eigenvalue weighted by molar-refractivity contribution is 7.86. The molecule has 1 saturated carbocycles. The minimum absolute atomic E-state index is 0.0970. The number of benzene rings is 1. The quantitative estimate of drug-likeness (QED) is 0.772. The van der Waals surface area contributed by atoms with Crippen LogP contribution in [0.25, 0.3) is 0 Å². The molecule has 0 aromatic heterocycles. The Kier molecular flexibility index (Phi) is 6.58. The lowest BCUT2D eigenvalue weighted by molar-refractivity contribution is 0.0455. The van der Waals surface area contributed by atoms with Gasteiger partial charge in [-0.1, -0.05) is 23.7 Å². The van der Waals surface area contributed by atoms with Crippen molar-refractivity contribution in [3.63, 3.8) is 0 Å². The van der Waals surface area contributed by atoms with Crippen molar-refractivity contribution in [2.45, 2.75) is 63.7 Å². The predicted octanol–water partition coefficient (Wildman–Crippen LogP) is 3.85. The summed E-state index contributed by atoms with van der Waals surface area (Å²) in [6.45, 7) is 5.42. The first kappa shape index (κ1) is 21.0. The molecule has 0 bridgehead atoms. The van der Waals surface area contributed by atoms with Gasteiger partial charge in [-0.25, -0.2) is 4.79 Å². The summed E-state index contributed by atoms with van der Waals surface area (Å²) < 4.78 is 33.5. The van der Waals surface area contributed by atoms with Crippen molar-refractivity contribution < 1.29 is 22.1 Å². The Balaban J connectivity index is 2.17. The number of amides is 1. The van der Waals surface area contributed by atoms with Gasteiger partial charge in [0.1, 0.15) is 5.60 Å². The molecule has 1 aliphatic carbocycles. The van der Waals surface area contributed by atoms with Gasteiger partial charge in [0.05, 0.1) is 12.4 Å². The van der Waals surface area contributed by atoms with E-state index in [0.717, 1.165) is 11.8 Å². The van der Waals surface area contributed by atoms with E-state index in [1.807, 2.05) is 12.1 Å². The molecule has 1 aromatic carbocycles. The van der Waals surface area contributed by atoms with Crippen LogP contribution in [0.1, 0.15) is 51.5 Å². The molecule has 0 radical (unpaired) electrons. The molecule has 1 aromatic rings. The molecule has 0 aliphatic heterocycles. The first-order valence-corrected chi connectivity index (χ1v) is 10.8. The topological polar surface area (TPSA) is 81.7 Å². The van der Waals surface area contributed by atoms with Crippen LogP contribution in [0.3, 0.4) is 0 Å². The summed E-state index contributed by atoms with van der Waals surface area (Å²) in [5.41, 5.74) is 0.383. The number of hydrogen-bond acceptors (Lipinski definition) is 5. The molecule has 0 heterocycles. The van der Waals surface area contributed by atoms with Gasteiger partial charge in [-0.15, -0.1) is 0 Å². The maximum atomic E-state index is 12.2. The Bertz CT molecular complexity index is 727. The lowest BCUT2D eigenvalue weighted by atomic mass is 9.78. The Hall–Kier alpha value is -1.31. The number of hydrogen-bond donors (Lipinski definition) is 1. The van der Waals surface area contributed by atoms with Gasteiger partial charge >= 0.3 is 6.09 Å². The van der Waals surface area contributed by atoms with Crippen molar-refractivity contribution in [3.05, 3.63) is 34.9 Å². The zero-order valence-electron chi connectivity index (χ0n) is 15.5. The highest BCUT2D eigenvalue weighted by Gasteiger charge is 2.35. The Labute approximate surface area is 160 Å². The molecule has 1 aliphatic rings. The first-order valence-electron chi connectivity index (χ1n) is 8.56. The number of carbonyl (C=O) groups excluding carboxylic acids is 1. The molecule has 26 heavy (non-hydrogen) atoms. The van der Waals surface area contributed by atoms with Gasteiger partial charge in [-0.05, 0) is 57.7 Å². The van der Waals surface area contributed by atoms with Gasteiger partial charge in [-0.3, -0.25) is 4.18 Å². The number of carbonyl (C=O) groups is 1. The summed E-state index contributed by atoms with van der Waals surface area (Å²) in [5, 5.41) is 3.54. The normalized spacial score (nSPS) is 24.1. The number of alkyl carbamates (subject to hydrolysis) is 1. The number of rotatable bonds is 4. The third kappa shape index (κ3) is 6.78. The van der Waals surface area contributed by atoms with E-state index in [-0.39, 0.29) is 12.0 Å². The second-order valence-corrected chi connectivity index (χ2v) is 9.68. The molecule has 0 spiro atoms. The Morgan fingerprint density at radius 2 is 1.81 bits per heavy atom. The summed E-state index contributed by atoms with van der Waals surface area (Å²) in [6, 6.07) is 7.16. The SMILES string of the molecule is CC(C)(C)OC(=O)N[C@@H]1CC[C@H](OS(C)(=O)=O)C[C@H]1c1ccc(Cl)cc1. The third-order valence-electron chi connectivity index (χ3n) is 4.11. The predicted molar refractivity (Wildman–Crippen MR) is 101 cm³/mol. The van der Waals surface area contributed by atoms with Crippen LogP contribution in [-0.4, -0.2) is 38.5 Å². The smallest absolute Gasteiger partial charge is 0.407 e. The molecule has 3 atom stereocenters. The van der Waals surface area contributed by atoms with E-state index >= 15 is 0 Å². The summed E-state index contributed by atoms with van der Waals surface area (Å²) in [4.78, 5) is 12.2. The van der Waals surface area contributed by atoms with Crippen molar-refractivity contribution >= 4 is 27.8 Å². The van der Waals surface area contributed by atoms with Gasteiger partial charge in [0.15, 0.2) is 0 Å². The van der Waals surface area contributed by atoms with Gasteiger partial charge in [-0.2, -0.15) is 8.42 Å². The molecular formula is C18H26ClNO5S. The van der Waals surface area contributed by atoms with E-state index in [0.29, 0.717) is 24.3 Å². The van der Waals surface area contributed by atoms with Crippen molar-refractivity contribution in [2.24, 2.45) is 0 Å². The molecule has 2 rings (SSSR count). The van der Waals surface area contributed by atoms with Crippen LogP contribution in [0, 0.1) is 0 Å². The zero-order valence-corrected chi connectivity index (χ0v) is 17.1. The Morgan fingerprint density at radius 3 is 2.35 bits per heavy atom. The average molecular weight is 404 g/mol. The molecular weight excluding hydrogens is 378 g/mol. The second kappa shape index (κ2) is 8.15. The maximum absolute atomic E-state index is 12.2. The number of nitrogens with one attached hydrogen (secondary N) is 1. The van der Waals surface area contributed by atoms with Crippen LogP contribution in [0.4, 0.5) is 4.79 Å². The van der Waals surface area contributed by atoms with Crippen molar-refractivity contribution in [1.82, 2.24) is 5.32 Å². The fraction of sp³-hybridized carbons (Fsp3) is 0.611. The summed E-state index contributed by atoms with van der Waals surface area (Å²) >= 11 is 5.97. The fourth-order valence-electron chi connectivity index (χ4n) is 3.18. The maximum Gasteiger partial charge on any atom is 0.407 e. The average Bonchev–Trinajstić information content (AvgIpc) is 2.46. The van der Waals surface area contributed by atoms with E-state index in [1.165, 1.54) is 0 Å². The fourth-order valence-corrected chi connectivity index (χ4v) is 3.97. The van der Waals surface area contributed by atoms with E-state index in [4.69, 9.17) is 20.5 Å². The van der Waals surface area contributed by atoms with Crippen LogP contribution in [-0.2, 0) is 19.0 Å². The number of ether oxygens (including phenoxy) is 1. The summed E-state index contributed by atoms with van der Waals surface area (Å²) in [5.74, 6) is -0.0970. The minimum atomic E-state index is -3.53. The molecule has 1 amide bonds. The van der Waals surface area contributed by atoms with Crippen molar-refractivity contribution in [3.8, 4) is 0 Å². The van der Waals surface area contributed by atoms with Crippen LogP contribution < -0.4 is 5.32 Å². The molecule has 0 unspecified atom stereocenters. The number of halogens is 1. The zero-order chi connectivity index (χ0) is 19.5. The summed E-state index contributed by atoms with van der Waals surface area (Å²) in [6.07, 6.45) is 1.76. The first-order chi connectivity index (χ1) is 11.9. The molecule has 0 saturated heterocycles. The highest BCUT2D eigenvalue weighted by atomic mass is 35.5. The monoisotopic (exact) mass is 403 g/mol. The van der Waals surface area contributed by atoms with Gasteiger partial charge < -0.3 is 10.1 Å². The van der Waals surface area contributed by atoms with E-state index in [2.05, 4.69) is 5.32 Å². The second-order valence-electron chi connectivity index (χ2n) is 7.65. The lowest BCUT2D eigenvalue weighted by Crippen LogP contribution is -2.46. The van der Waals surface area contributed by atoms with Crippen molar-refractivity contribution in [1.29, 1.82) is 0 Å². The van der Waals surface area contributed by atoms with Crippen LogP contribution in [0.5, 0.6) is 0 Å². The van der Waals surface area contributed by atoms with Crippen molar-refractivity contribution in [2.75, 3.05) is 6.26 Å². The van der Waals surface area contributed by atoms with E-state index < -0.39 is 27.9 Å². The molecule has 6 nitrogen and oxygen atoms in total. The van der Waals surface area contributed by atoms with Crippen LogP contribution in [0.2, 0.25) is 5.02 Å². The molecule has 1 fully saturated rings. The van der Waals surface area contributed by atoms with E-state index in [1.54, 1.807) is 32.9 Å². The van der Waals surface area contributed by atoms with Gasteiger partial charge in [0, 0.05) is 17.0 Å². The van der Waals surface area contributed by atoms with Gasteiger partial charge in [0.25, 0.3) is 10.1 Å². The standard InChI is InChI=1S/C18H26ClNO5S/c1-18(2,3)24-17(21)20-16-10-9-14(25-26(4,22)23)11-15(16)12-5-7-13(19)8-6-12/h5-8,14-16H,9-11H2,1-4H3,(H,20,21)/t14-,15-,16+/m0/s1. The van der Waals surface area contributed by atoms with Gasteiger partial charge in [0.2, 0.25) is 0 Å².